The average molecular weight is 310 g/mol. The van der Waals surface area contributed by atoms with Gasteiger partial charge in [0.1, 0.15) is 0 Å². The zero-order valence-corrected chi connectivity index (χ0v) is 13.3. The van der Waals surface area contributed by atoms with Crippen molar-refractivity contribution in [3.63, 3.8) is 0 Å². The molecule has 1 aromatic carbocycles. The van der Waals surface area contributed by atoms with Crippen molar-refractivity contribution >= 4 is 15.9 Å². The van der Waals surface area contributed by atoms with Gasteiger partial charge >= 0.3 is 0 Å². The average Bonchev–Trinajstić information content (AvgIpc) is 2.38. The molecule has 0 unspecified atom stereocenters. The number of amides is 1. The molecule has 1 aliphatic rings. The summed E-state index contributed by atoms with van der Waals surface area (Å²) < 4.78 is 23.2. The van der Waals surface area contributed by atoms with Crippen molar-refractivity contribution in [2.45, 2.75) is 56.9 Å². The molecule has 21 heavy (non-hydrogen) atoms. The number of primary sulfonamides is 1. The Bertz CT molecular complexity index is 647. The van der Waals surface area contributed by atoms with Crippen molar-refractivity contribution in [3.8, 4) is 0 Å². The third-order valence-corrected chi connectivity index (χ3v) is 5.07. The summed E-state index contributed by atoms with van der Waals surface area (Å²) in [6, 6.07) is 3.26. The van der Waals surface area contributed by atoms with E-state index in [1.807, 2.05) is 0 Å². The summed E-state index contributed by atoms with van der Waals surface area (Å²) in [6.07, 6.45) is 5.43. The quantitative estimate of drug-likeness (QED) is 0.895. The molecule has 0 aliphatic heterocycles. The number of benzene rings is 1. The molecule has 116 valence electrons. The Labute approximate surface area is 126 Å². The third-order valence-electron chi connectivity index (χ3n) is 4.01. The van der Waals surface area contributed by atoms with Crippen molar-refractivity contribution in [1.29, 1.82) is 0 Å². The van der Waals surface area contributed by atoms with Crippen LogP contribution in [0.3, 0.4) is 0 Å². The Morgan fingerprint density at radius 2 is 1.76 bits per heavy atom. The highest BCUT2D eigenvalue weighted by Crippen LogP contribution is 2.21. The van der Waals surface area contributed by atoms with Crippen LogP contribution in [0.1, 0.15) is 53.6 Å². The van der Waals surface area contributed by atoms with Crippen molar-refractivity contribution < 1.29 is 13.2 Å². The van der Waals surface area contributed by atoms with Gasteiger partial charge in [-0.05, 0) is 43.9 Å². The minimum Gasteiger partial charge on any atom is -0.349 e. The number of rotatable bonds is 3. The van der Waals surface area contributed by atoms with Crippen LogP contribution in [0.5, 0.6) is 0 Å². The van der Waals surface area contributed by atoms with Crippen LogP contribution in [0.15, 0.2) is 17.0 Å². The molecule has 0 aromatic heterocycles. The first-order chi connectivity index (χ1) is 9.79. The maximum atomic E-state index is 12.4. The fraction of sp³-hybridized carbons (Fsp3) is 0.533. The van der Waals surface area contributed by atoms with Crippen molar-refractivity contribution in [1.82, 2.24) is 5.32 Å². The van der Waals surface area contributed by atoms with Gasteiger partial charge in [0.25, 0.3) is 5.91 Å². The van der Waals surface area contributed by atoms with Crippen LogP contribution in [0.4, 0.5) is 0 Å². The van der Waals surface area contributed by atoms with Crippen LogP contribution in [-0.4, -0.2) is 20.4 Å². The maximum Gasteiger partial charge on any atom is 0.251 e. The Morgan fingerprint density at radius 3 is 2.33 bits per heavy atom. The zero-order valence-electron chi connectivity index (χ0n) is 12.5. The van der Waals surface area contributed by atoms with Gasteiger partial charge in [0, 0.05) is 11.6 Å². The molecule has 1 amide bonds. The molecule has 1 saturated carbocycles. The molecule has 1 fully saturated rings. The number of hydrogen-bond donors (Lipinski definition) is 2. The Balaban J connectivity index is 2.28. The molecule has 0 bridgehead atoms. The molecule has 2 rings (SSSR count). The molecule has 0 radical (unpaired) electrons. The third kappa shape index (κ3) is 3.83. The lowest BCUT2D eigenvalue weighted by Gasteiger charge is -2.23. The van der Waals surface area contributed by atoms with E-state index in [2.05, 4.69) is 5.32 Å². The molecule has 0 spiro atoms. The van der Waals surface area contributed by atoms with Crippen molar-refractivity contribution in [3.05, 3.63) is 28.8 Å². The van der Waals surface area contributed by atoms with Gasteiger partial charge in [-0.15, -0.1) is 0 Å². The number of nitrogens with two attached hydrogens (primary N) is 1. The molecule has 1 aromatic rings. The van der Waals surface area contributed by atoms with Gasteiger partial charge < -0.3 is 5.32 Å². The van der Waals surface area contributed by atoms with Gasteiger partial charge in [-0.25, -0.2) is 13.6 Å². The summed E-state index contributed by atoms with van der Waals surface area (Å²) in [5.41, 5.74) is 1.70. The van der Waals surface area contributed by atoms with Gasteiger partial charge in [0.05, 0.1) is 4.90 Å². The summed E-state index contributed by atoms with van der Waals surface area (Å²) in [5.74, 6) is -0.218. The Kier molecular flexibility index (Phi) is 4.68. The number of carbonyl (C=O) groups excluding carboxylic acids is 1. The smallest absolute Gasteiger partial charge is 0.251 e. The lowest BCUT2D eigenvalue weighted by Crippen LogP contribution is -2.36. The second kappa shape index (κ2) is 6.15. The molecule has 6 heteroatoms. The summed E-state index contributed by atoms with van der Waals surface area (Å²) in [4.78, 5) is 12.4. The lowest BCUT2D eigenvalue weighted by atomic mass is 9.95. The predicted molar refractivity (Wildman–Crippen MR) is 81.6 cm³/mol. The highest BCUT2D eigenvalue weighted by Gasteiger charge is 2.21. The summed E-state index contributed by atoms with van der Waals surface area (Å²) in [7, 11) is -3.82. The minimum absolute atomic E-state index is 0.0156. The van der Waals surface area contributed by atoms with E-state index in [1.54, 1.807) is 19.9 Å². The van der Waals surface area contributed by atoms with Crippen molar-refractivity contribution in [2.75, 3.05) is 0 Å². The molecular weight excluding hydrogens is 288 g/mol. The van der Waals surface area contributed by atoms with Crippen molar-refractivity contribution in [2.24, 2.45) is 5.14 Å². The SMILES string of the molecule is Cc1cc(C)c(S(N)(=O)=O)cc1C(=O)NC1CCCCC1. The van der Waals surface area contributed by atoms with Crippen LogP contribution >= 0.6 is 0 Å². The highest BCUT2D eigenvalue weighted by molar-refractivity contribution is 7.89. The lowest BCUT2D eigenvalue weighted by molar-refractivity contribution is 0.0927. The number of aryl methyl sites for hydroxylation is 2. The van der Waals surface area contributed by atoms with E-state index < -0.39 is 10.0 Å². The molecule has 1 aliphatic carbocycles. The van der Waals surface area contributed by atoms with Gasteiger partial charge in [0.15, 0.2) is 0 Å². The van der Waals surface area contributed by atoms with Crippen LogP contribution in [0.25, 0.3) is 0 Å². The maximum absolute atomic E-state index is 12.4. The van der Waals surface area contributed by atoms with E-state index >= 15 is 0 Å². The summed E-state index contributed by atoms with van der Waals surface area (Å²) in [5, 5.41) is 8.20. The van der Waals surface area contributed by atoms with Crippen LogP contribution < -0.4 is 10.5 Å². The standard InChI is InChI=1S/C15H22N2O3S/c1-10-8-11(2)14(21(16,19)20)9-13(10)15(18)17-12-6-4-3-5-7-12/h8-9,12H,3-7H2,1-2H3,(H,17,18)(H2,16,19,20). The summed E-state index contributed by atoms with van der Waals surface area (Å²) >= 11 is 0. The van der Waals surface area contributed by atoms with E-state index in [9.17, 15) is 13.2 Å². The number of carbonyl (C=O) groups is 1. The highest BCUT2D eigenvalue weighted by atomic mass is 32.2. The first-order valence-corrected chi connectivity index (χ1v) is 8.78. The van der Waals surface area contributed by atoms with E-state index in [0.717, 1.165) is 31.2 Å². The van der Waals surface area contributed by atoms with Crippen LogP contribution in [-0.2, 0) is 10.0 Å². The topological polar surface area (TPSA) is 89.3 Å². The van der Waals surface area contributed by atoms with Crippen LogP contribution in [0, 0.1) is 13.8 Å². The number of hydrogen-bond acceptors (Lipinski definition) is 3. The van der Waals surface area contributed by atoms with Gasteiger partial charge in [-0.1, -0.05) is 25.3 Å². The van der Waals surface area contributed by atoms with E-state index in [0.29, 0.717) is 11.1 Å². The molecule has 0 saturated heterocycles. The molecule has 3 N–H and O–H groups in total. The van der Waals surface area contributed by atoms with E-state index in [1.165, 1.54) is 12.5 Å². The predicted octanol–water partition coefficient (Wildman–Crippen LogP) is 2.01. The first kappa shape index (κ1) is 16.0. The fourth-order valence-electron chi connectivity index (χ4n) is 2.89. The normalized spacial score (nSPS) is 16.7. The molecule has 0 heterocycles. The molecular formula is C15H22N2O3S. The molecule has 0 atom stereocenters. The fourth-order valence-corrected chi connectivity index (χ4v) is 3.68. The largest absolute Gasteiger partial charge is 0.349 e. The number of nitrogens with one attached hydrogen (secondary N) is 1. The van der Waals surface area contributed by atoms with Gasteiger partial charge in [-0.2, -0.15) is 0 Å². The van der Waals surface area contributed by atoms with Crippen LogP contribution in [0.2, 0.25) is 0 Å². The Morgan fingerprint density at radius 1 is 1.14 bits per heavy atom. The second-order valence-corrected chi connectivity index (χ2v) is 7.32. The monoisotopic (exact) mass is 310 g/mol. The summed E-state index contributed by atoms with van der Waals surface area (Å²) in [6.45, 7) is 3.48. The van der Waals surface area contributed by atoms with Gasteiger partial charge in [0.2, 0.25) is 10.0 Å². The number of sulfonamides is 1. The van der Waals surface area contributed by atoms with E-state index in [4.69, 9.17) is 5.14 Å². The molecule has 5 nitrogen and oxygen atoms in total. The zero-order chi connectivity index (χ0) is 15.6. The van der Waals surface area contributed by atoms with E-state index in [-0.39, 0.29) is 16.8 Å². The minimum atomic E-state index is -3.82. The Hall–Kier alpha value is -1.40. The second-order valence-electron chi connectivity index (χ2n) is 5.79. The van der Waals surface area contributed by atoms with Gasteiger partial charge in [-0.3, -0.25) is 4.79 Å². The first-order valence-electron chi connectivity index (χ1n) is 7.24.